The van der Waals surface area contributed by atoms with Gasteiger partial charge in [0.1, 0.15) is 5.75 Å². The van der Waals surface area contributed by atoms with E-state index < -0.39 is 0 Å². The van der Waals surface area contributed by atoms with E-state index in [1.165, 1.54) is 12.0 Å². The van der Waals surface area contributed by atoms with Crippen LogP contribution < -0.4 is 10.5 Å². The SMILES string of the molecule is COc1ccc(Br)cc1C(CN)N1CCC(C)(C)C1. The summed E-state index contributed by atoms with van der Waals surface area (Å²) in [4.78, 5) is 2.48. The molecule has 106 valence electrons. The highest BCUT2D eigenvalue weighted by Gasteiger charge is 2.34. The minimum atomic E-state index is 0.231. The molecule has 0 aliphatic carbocycles. The van der Waals surface area contributed by atoms with E-state index in [1.54, 1.807) is 7.11 Å². The highest BCUT2D eigenvalue weighted by atomic mass is 79.9. The van der Waals surface area contributed by atoms with E-state index in [0.717, 1.165) is 23.3 Å². The van der Waals surface area contributed by atoms with Crippen molar-refractivity contribution in [2.45, 2.75) is 26.3 Å². The Morgan fingerprint density at radius 2 is 2.21 bits per heavy atom. The van der Waals surface area contributed by atoms with Crippen molar-refractivity contribution in [2.75, 3.05) is 26.7 Å². The van der Waals surface area contributed by atoms with Crippen LogP contribution >= 0.6 is 15.9 Å². The number of benzene rings is 1. The summed E-state index contributed by atoms with van der Waals surface area (Å²) in [6.07, 6.45) is 1.22. The normalized spacial score (nSPS) is 20.5. The first kappa shape index (κ1) is 14.8. The van der Waals surface area contributed by atoms with Crippen LogP contribution in [0.2, 0.25) is 0 Å². The summed E-state index contributed by atoms with van der Waals surface area (Å²) in [5.41, 5.74) is 7.59. The molecular weight excluding hydrogens is 304 g/mol. The molecule has 1 unspecified atom stereocenters. The Bertz CT molecular complexity index is 448. The summed E-state index contributed by atoms with van der Waals surface area (Å²) in [6, 6.07) is 6.36. The van der Waals surface area contributed by atoms with E-state index >= 15 is 0 Å². The summed E-state index contributed by atoms with van der Waals surface area (Å²) in [5, 5.41) is 0. The third-order valence-corrected chi connectivity index (χ3v) is 4.41. The van der Waals surface area contributed by atoms with Crippen LogP contribution in [0.1, 0.15) is 31.9 Å². The number of ether oxygens (including phenoxy) is 1. The van der Waals surface area contributed by atoms with Gasteiger partial charge in [-0.05, 0) is 36.6 Å². The molecule has 2 N–H and O–H groups in total. The molecule has 1 fully saturated rings. The molecule has 0 spiro atoms. The van der Waals surface area contributed by atoms with Gasteiger partial charge in [0, 0.05) is 23.1 Å². The molecule has 0 bridgehead atoms. The predicted molar refractivity (Wildman–Crippen MR) is 82.5 cm³/mol. The highest BCUT2D eigenvalue weighted by molar-refractivity contribution is 9.10. The molecule has 1 aromatic carbocycles. The lowest BCUT2D eigenvalue weighted by molar-refractivity contribution is 0.219. The van der Waals surface area contributed by atoms with Gasteiger partial charge in [0.05, 0.1) is 13.2 Å². The van der Waals surface area contributed by atoms with Gasteiger partial charge in [-0.25, -0.2) is 0 Å². The van der Waals surface area contributed by atoms with Crippen molar-refractivity contribution < 1.29 is 4.74 Å². The van der Waals surface area contributed by atoms with Crippen LogP contribution in [0, 0.1) is 5.41 Å². The Kier molecular flexibility index (Phi) is 4.54. The largest absolute Gasteiger partial charge is 0.496 e. The first-order valence-electron chi connectivity index (χ1n) is 6.74. The van der Waals surface area contributed by atoms with E-state index in [1.807, 2.05) is 12.1 Å². The second-order valence-corrected chi connectivity index (χ2v) is 6.94. The van der Waals surface area contributed by atoms with Gasteiger partial charge in [0.2, 0.25) is 0 Å². The van der Waals surface area contributed by atoms with Gasteiger partial charge in [-0.3, -0.25) is 4.90 Å². The quantitative estimate of drug-likeness (QED) is 0.923. The van der Waals surface area contributed by atoms with E-state index in [0.29, 0.717) is 12.0 Å². The lowest BCUT2D eigenvalue weighted by Gasteiger charge is -2.29. The van der Waals surface area contributed by atoms with E-state index in [9.17, 15) is 0 Å². The zero-order chi connectivity index (χ0) is 14.0. The lowest BCUT2D eigenvalue weighted by Crippen LogP contribution is -2.33. The fourth-order valence-corrected chi connectivity index (χ4v) is 3.24. The van der Waals surface area contributed by atoms with Crippen molar-refractivity contribution in [1.29, 1.82) is 0 Å². The number of nitrogens with zero attached hydrogens (tertiary/aromatic N) is 1. The van der Waals surface area contributed by atoms with E-state index in [-0.39, 0.29) is 6.04 Å². The third kappa shape index (κ3) is 3.30. The van der Waals surface area contributed by atoms with Gasteiger partial charge in [0.25, 0.3) is 0 Å². The topological polar surface area (TPSA) is 38.5 Å². The Morgan fingerprint density at radius 1 is 1.47 bits per heavy atom. The Labute approximate surface area is 124 Å². The van der Waals surface area contributed by atoms with Crippen LogP contribution in [-0.4, -0.2) is 31.6 Å². The molecule has 2 rings (SSSR count). The number of methoxy groups -OCH3 is 1. The maximum atomic E-state index is 6.03. The van der Waals surface area contributed by atoms with Crippen molar-refractivity contribution in [1.82, 2.24) is 4.90 Å². The fraction of sp³-hybridized carbons (Fsp3) is 0.600. The minimum Gasteiger partial charge on any atom is -0.496 e. The van der Waals surface area contributed by atoms with Gasteiger partial charge in [0.15, 0.2) is 0 Å². The Hall–Kier alpha value is -0.580. The molecule has 0 saturated carbocycles. The first-order valence-corrected chi connectivity index (χ1v) is 7.54. The van der Waals surface area contributed by atoms with Crippen LogP contribution in [0.5, 0.6) is 5.75 Å². The zero-order valence-corrected chi connectivity index (χ0v) is 13.5. The molecule has 1 atom stereocenters. The second-order valence-electron chi connectivity index (χ2n) is 6.02. The van der Waals surface area contributed by atoms with Gasteiger partial charge in [-0.15, -0.1) is 0 Å². The summed E-state index contributed by atoms with van der Waals surface area (Å²) in [7, 11) is 1.72. The number of likely N-dealkylation sites (tertiary alicyclic amines) is 1. The molecule has 1 aliphatic heterocycles. The third-order valence-electron chi connectivity index (χ3n) is 3.92. The van der Waals surface area contributed by atoms with Crippen LogP contribution in [-0.2, 0) is 0 Å². The average molecular weight is 327 g/mol. The molecule has 0 radical (unpaired) electrons. The monoisotopic (exact) mass is 326 g/mol. The van der Waals surface area contributed by atoms with Gasteiger partial charge in [-0.1, -0.05) is 29.8 Å². The molecule has 1 saturated heterocycles. The van der Waals surface area contributed by atoms with Crippen molar-refractivity contribution in [3.8, 4) is 5.75 Å². The van der Waals surface area contributed by atoms with Crippen LogP contribution in [0.3, 0.4) is 0 Å². The predicted octanol–water partition coefficient (Wildman–Crippen LogP) is 3.19. The summed E-state index contributed by atoms with van der Waals surface area (Å²) >= 11 is 3.54. The molecule has 1 heterocycles. The number of hydrogen-bond acceptors (Lipinski definition) is 3. The molecular formula is C15H23BrN2O. The van der Waals surface area contributed by atoms with Crippen molar-refractivity contribution in [3.63, 3.8) is 0 Å². The Balaban J connectivity index is 2.29. The Morgan fingerprint density at radius 3 is 2.74 bits per heavy atom. The maximum Gasteiger partial charge on any atom is 0.123 e. The molecule has 0 aromatic heterocycles. The van der Waals surface area contributed by atoms with Crippen LogP contribution in [0.15, 0.2) is 22.7 Å². The van der Waals surface area contributed by atoms with Crippen molar-refractivity contribution in [3.05, 3.63) is 28.2 Å². The molecule has 1 aliphatic rings. The average Bonchev–Trinajstić information content (AvgIpc) is 2.71. The number of nitrogens with two attached hydrogens (primary N) is 1. The molecule has 1 aromatic rings. The van der Waals surface area contributed by atoms with E-state index in [4.69, 9.17) is 10.5 Å². The van der Waals surface area contributed by atoms with Crippen molar-refractivity contribution >= 4 is 15.9 Å². The number of hydrogen-bond donors (Lipinski definition) is 1. The lowest BCUT2D eigenvalue weighted by atomic mass is 9.93. The summed E-state index contributed by atoms with van der Waals surface area (Å²) < 4.78 is 6.56. The minimum absolute atomic E-state index is 0.231. The van der Waals surface area contributed by atoms with Gasteiger partial charge in [-0.2, -0.15) is 0 Å². The molecule has 19 heavy (non-hydrogen) atoms. The standard InChI is InChI=1S/C15H23BrN2O/c1-15(2)6-7-18(10-15)13(9-17)12-8-11(16)4-5-14(12)19-3/h4-5,8,13H,6-7,9-10,17H2,1-3H3. The fourth-order valence-electron chi connectivity index (χ4n) is 2.86. The summed E-state index contributed by atoms with van der Waals surface area (Å²) in [6.45, 7) is 7.44. The van der Waals surface area contributed by atoms with Crippen LogP contribution in [0.25, 0.3) is 0 Å². The van der Waals surface area contributed by atoms with Crippen molar-refractivity contribution in [2.24, 2.45) is 11.1 Å². The zero-order valence-electron chi connectivity index (χ0n) is 11.9. The van der Waals surface area contributed by atoms with Crippen LogP contribution in [0.4, 0.5) is 0 Å². The number of halogens is 1. The molecule has 0 amide bonds. The highest BCUT2D eigenvalue weighted by Crippen LogP contribution is 2.37. The first-order chi connectivity index (χ1) is 8.96. The second kappa shape index (κ2) is 5.81. The maximum absolute atomic E-state index is 6.03. The van der Waals surface area contributed by atoms with Gasteiger partial charge >= 0.3 is 0 Å². The number of rotatable bonds is 4. The van der Waals surface area contributed by atoms with E-state index in [2.05, 4.69) is 40.7 Å². The smallest absolute Gasteiger partial charge is 0.123 e. The molecule has 4 heteroatoms. The van der Waals surface area contributed by atoms with Gasteiger partial charge < -0.3 is 10.5 Å². The molecule has 3 nitrogen and oxygen atoms in total. The summed E-state index contributed by atoms with van der Waals surface area (Å²) in [5.74, 6) is 0.920.